The summed E-state index contributed by atoms with van der Waals surface area (Å²) in [7, 11) is 0. The number of aryl methyl sites for hydroxylation is 1. The summed E-state index contributed by atoms with van der Waals surface area (Å²) in [6, 6.07) is 12.5. The summed E-state index contributed by atoms with van der Waals surface area (Å²) in [6.45, 7) is 3.90. The standard InChI is InChI=1S/C14H14/c1-11-8-9-14(12(2)10-11)13-6-4-3-5-7-13/h3-10H,1-2H3/i4D,10D. The van der Waals surface area contributed by atoms with Gasteiger partial charge in [-0.25, -0.2) is 0 Å². The van der Waals surface area contributed by atoms with E-state index >= 15 is 0 Å². The Morgan fingerprint density at radius 2 is 1.86 bits per heavy atom. The van der Waals surface area contributed by atoms with Crippen molar-refractivity contribution in [3.8, 4) is 11.1 Å². The molecule has 0 bridgehead atoms. The van der Waals surface area contributed by atoms with Crippen LogP contribution in [0.15, 0.2) is 48.5 Å². The lowest BCUT2D eigenvalue weighted by Gasteiger charge is -2.06. The quantitative estimate of drug-likeness (QED) is 0.629. The van der Waals surface area contributed by atoms with Crippen molar-refractivity contribution in [3.63, 3.8) is 0 Å². The van der Waals surface area contributed by atoms with Gasteiger partial charge >= 0.3 is 0 Å². The van der Waals surface area contributed by atoms with Crippen LogP contribution in [0.4, 0.5) is 0 Å². The molecule has 0 spiro atoms. The molecule has 2 rings (SSSR count). The SMILES string of the molecule is [2H]c1cccc(-c2ccc(C)c([2H])c2C)c1. The van der Waals surface area contributed by atoms with Crippen LogP contribution in [-0.4, -0.2) is 0 Å². The normalized spacial score (nSPS) is 12.1. The highest BCUT2D eigenvalue weighted by Crippen LogP contribution is 2.23. The molecule has 0 saturated carbocycles. The van der Waals surface area contributed by atoms with Gasteiger partial charge in [0.2, 0.25) is 0 Å². The van der Waals surface area contributed by atoms with Crippen LogP contribution >= 0.6 is 0 Å². The van der Waals surface area contributed by atoms with Crippen LogP contribution in [0.25, 0.3) is 11.1 Å². The van der Waals surface area contributed by atoms with Crippen LogP contribution in [-0.2, 0) is 0 Å². The second kappa shape index (κ2) is 3.67. The fraction of sp³-hybridized carbons (Fsp3) is 0.143. The van der Waals surface area contributed by atoms with Crippen molar-refractivity contribution in [1.29, 1.82) is 0 Å². The molecule has 0 heteroatoms. The monoisotopic (exact) mass is 184 g/mol. The molecule has 0 nitrogen and oxygen atoms in total. The first-order valence-corrected chi connectivity index (χ1v) is 4.73. The van der Waals surface area contributed by atoms with Gasteiger partial charge in [0.05, 0.1) is 2.74 Å². The fourth-order valence-corrected chi connectivity index (χ4v) is 1.61. The van der Waals surface area contributed by atoms with Crippen molar-refractivity contribution >= 4 is 0 Å². The Morgan fingerprint density at radius 3 is 2.64 bits per heavy atom. The van der Waals surface area contributed by atoms with Gasteiger partial charge in [-0.05, 0) is 30.5 Å². The van der Waals surface area contributed by atoms with Crippen LogP contribution in [0.3, 0.4) is 0 Å². The zero-order chi connectivity index (χ0) is 11.7. The van der Waals surface area contributed by atoms with Crippen molar-refractivity contribution in [3.05, 3.63) is 59.6 Å². The average molecular weight is 184 g/mol. The summed E-state index contributed by atoms with van der Waals surface area (Å²) in [5.41, 5.74) is 4.03. The molecular weight excluding hydrogens is 168 g/mol. The minimum atomic E-state index is 0.504. The largest absolute Gasteiger partial charge is 0.0629 e. The third kappa shape index (κ3) is 1.69. The Labute approximate surface area is 88.0 Å². The van der Waals surface area contributed by atoms with Crippen molar-refractivity contribution in [2.24, 2.45) is 0 Å². The smallest absolute Gasteiger partial charge is 0.0622 e. The average Bonchev–Trinajstić information content (AvgIpc) is 2.26. The first-order valence-electron chi connectivity index (χ1n) is 5.73. The molecule has 0 amide bonds. The number of hydrogen-bond donors (Lipinski definition) is 0. The molecule has 0 heterocycles. The van der Waals surface area contributed by atoms with E-state index in [4.69, 9.17) is 2.74 Å². The Kier molecular flexibility index (Phi) is 1.79. The van der Waals surface area contributed by atoms with Crippen LogP contribution in [0.1, 0.15) is 13.9 Å². The van der Waals surface area contributed by atoms with Gasteiger partial charge in [-0.3, -0.25) is 0 Å². The molecule has 0 N–H and O–H groups in total. The number of benzene rings is 2. The van der Waals surface area contributed by atoms with Crippen molar-refractivity contribution < 1.29 is 2.74 Å². The Bertz CT molecular complexity index is 530. The van der Waals surface area contributed by atoms with E-state index in [0.29, 0.717) is 12.1 Å². The van der Waals surface area contributed by atoms with Gasteiger partial charge in [0.15, 0.2) is 0 Å². The number of hydrogen-bond acceptors (Lipinski definition) is 0. The van der Waals surface area contributed by atoms with Crippen molar-refractivity contribution in [2.45, 2.75) is 13.8 Å². The van der Waals surface area contributed by atoms with Crippen molar-refractivity contribution in [1.82, 2.24) is 0 Å². The van der Waals surface area contributed by atoms with Gasteiger partial charge in [-0.15, -0.1) is 0 Å². The zero-order valence-electron chi connectivity index (χ0n) is 10.5. The third-order valence-electron chi connectivity index (χ3n) is 2.31. The topological polar surface area (TPSA) is 0 Å². The summed E-state index contributed by atoms with van der Waals surface area (Å²) >= 11 is 0. The summed E-state index contributed by atoms with van der Waals surface area (Å²) in [4.78, 5) is 0. The van der Waals surface area contributed by atoms with Crippen molar-refractivity contribution in [2.75, 3.05) is 0 Å². The van der Waals surface area contributed by atoms with E-state index in [1.54, 1.807) is 6.07 Å². The maximum Gasteiger partial charge on any atom is 0.0629 e. The Balaban J connectivity index is 2.61. The molecule has 0 saturated heterocycles. The predicted octanol–water partition coefficient (Wildman–Crippen LogP) is 3.97. The van der Waals surface area contributed by atoms with Crippen LogP contribution < -0.4 is 0 Å². The highest BCUT2D eigenvalue weighted by atomic mass is 14.0. The van der Waals surface area contributed by atoms with E-state index in [-0.39, 0.29) is 0 Å². The lowest BCUT2D eigenvalue weighted by atomic mass is 9.99. The minimum Gasteiger partial charge on any atom is -0.0622 e. The van der Waals surface area contributed by atoms with E-state index < -0.39 is 0 Å². The summed E-state index contributed by atoms with van der Waals surface area (Å²) in [5, 5.41) is 0. The molecular formula is C14H14. The molecule has 0 unspecified atom stereocenters. The molecule has 0 radical (unpaired) electrons. The summed E-state index contributed by atoms with van der Waals surface area (Å²) in [6.07, 6.45) is 0. The van der Waals surface area contributed by atoms with Crippen LogP contribution in [0.2, 0.25) is 0 Å². The second-order valence-electron chi connectivity index (χ2n) is 3.47. The zero-order valence-corrected chi connectivity index (χ0v) is 8.46. The Morgan fingerprint density at radius 1 is 1.00 bits per heavy atom. The lowest BCUT2D eigenvalue weighted by molar-refractivity contribution is 1.38. The van der Waals surface area contributed by atoms with Crippen LogP contribution in [0, 0.1) is 13.8 Å². The van der Waals surface area contributed by atoms with Crippen LogP contribution in [0.5, 0.6) is 0 Å². The van der Waals surface area contributed by atoms with Gasteiger partial charge in [-0.1, -0.05) is 54.0 Å². The molecule has 2 aromatic rings. The maximum atomic E-state index is 7.94. The van der Waals surface area contributed by atoms with E-state index in [9.17, 15) is 0 Å². The summed E-state index contributed by atoms with van der Waals surface area (Å²) < 4.78 is 15.5. The molecule has 14 heavy (non-hydrogen) atoms. The first kappa shape index (κ1) is 6.83. The first-order chi connectivity index (χ1) is 7.59. The van der Waals surface area contributed by atoms with E-state index in [1.807, 2.05) is 44.2 Å². The van der Waals surface area contributed by atoms with Gasteiger partial charge in [0.1, 0.15) is 0 Å². The van der Waals surface area contributed by atoms with Gasteiger partial charge in [0, 0.05) is 0 Å². The molecule has 0 aliphatic rings. The fourth-order valence-electron chi connectivity index (χ4n) is 1.61. The van der Waals surface area contributed by atoms with Gasteiger partial charge < -0.3 is 0 Å². The van der Waals surface area contributed by atoms with E-state index in [0.717, 1.165) is 22.3 Å². The molecule has 70 valence electrons. The highest BCUT2D eigenvalue weighted by molar-refractivity contribution is 5.67. The maximum absolute atomic E-state index is 7.94. The molecule has 0 aliphatic carbocycles. The van der Waals surface area contributed by atoms with E-state index in [2.05, 4.69) is 0 Å². The molecule has 0 atom stereocenters. The predicted molar refractivity (Wildman–Crippen MR) is 61.4 cm³/mol. The van der Waals surface area contributed by atoms with E-state index in [1.165, 1.54) is 0 Å². The van der Waals surface area contributed by atoms with Gasteiger partial charge in [0.25, 0.3) is 0 Å². The number of rotatable bonds is 1. The lowest BCUT2D eigenvalue weighted by Crippen LogP contribution is -1.83. The highest BCUT2D eigenvalue weighted by Gasteiger charge is 1.99. The molecule has 0 fully saturated rings. The molecule has 2 aromatic carbocycles. The third-order valence-corrected chi connectivity index (χ3v) is 2.31. The molecule has 0 aliphatic heterocycles. The second-order valence-corrected chi connectivity index (χ2v) is 3.47. The minimum absolute atomic E-state index is 0.504. The summed E-state index contributed by atoms with van der Waals surface area (Å²) in [5.74, 6) is 0. The Hall–Kier alpha value is -1.56. The van der Waals surface area contributed by atoms with Gasteiger partial charge in [-0.2, -0.15) is 0 Å². The molecule has 0 aromatic heterocycles.